The number of amides is 1. The smallest absolute Gasteiger partial charge is 0.255 e. The van der Waals surface area contributed by atoms with Crippen LogP contribution in [0.25, 0.3) is 11.1 Å². The van der Waals surface area contributed by atoms with Gasteiger partial charge in [-0.2, -0.15) is 0 Å². The third-order valence-electron chi connectivity index (χ3n) is 6.06. The molecule has 0 radical (unpaired) electrons. The molecule has 1 atom stereocenters. The first kappa shape index (κ1) is 14.3. The Morgan fingerprint density at radius 3 is 2.75 bits per heavy atom. The van der Waals surface area contributed by atoms with Gasteiger partial charge in [-0.1, -0.05) is 0 Å². The molecule has 2 aromatic heterocycles. The summed E-state index contributed by atoms with van der Waals surface area (Å²) in [7, 11) is 0. The van der Waals surface area contributed by atoms with E-state index in [1.165, 1.54) is 19.2 Å². The van der Waals surface area contributed by atoms with E-state index in [1.54, 1.807) is 0 Å². The van der Waals surface area contributed by atoms with Crippen LogP contribution in [0.15, 0.2) is 10.7 Å². The number of fused-ring (bicyclic) bond motifs is 2. The monoisotopic (exact) mass is 326 g/mol. The number of aryl methyl sites for hydroxylation is 1. The Labute approximate surface area is 140 Å². The molecule has 6 heteroatoms. The normalized spacial score (nSPS) is 29.3. The number of carbonyl (C=O) groups is 1. The van der Waals surface area contributed by atoms with Crippen molar-refractivity contribution in [2.24, 2.45) is 11.8 Å². The quantitative estimate of drug-likeness (QED) is 0.903. The third kappa shape index (κ3) is 2.12. The average Bonchev–Trinajstić information content (AvgIpc) is 2.87. The Bertz CT molecular complexity index is 833. The van der Waals surface area contributed by atoms with Crippen LogP contribution in [0.5, 0.6) is 0 Å². The number of furan rings is 1. The van der Waals surface area contributed by atoms with Gasteiger partial charge >= 0.3 is 0 Å². The van der Waals surface area contributed by atoms with E-state index in [-0.39, 0.29) is 11.4 Å². The number of aromatic nitrogens is 2. The number of rotatable bonds is 4. The van der Waals surface area contributed by atoms with Gasteiger partial charge in [-0.05, 0) is 57.8 Å². The second-order valence-corrected chi connectivity index (χ2v) is 8.03. The van der Waals surface area contributed by atoms with Crippen LogP contribution in [0, 0.1) is 18.8 Å². The molecule has 0 aliphatic heterocycles. The first-order valence-corrected chi connectivity index (χ1v) is 8.85. The topological polar surface area (TPSA) is 80.1 Å². The predicted molar refractivity (Wildman–Crippen MR) is 89.9 cm³/mol. The molecule has 2 bridgehead atoms. The molecule has 4 fully saturated rings. The fraction of sp³-hybridized carbons (Fsp3) is 0.611. The van der Waals surface area contributed by atoms with Gasteiger partial charge in [0.2, 0.25) is 5.71 Å². The zero-order valence-corrected chi connectivity index (χ0v) is 14.1. The summed E-state index contributed by atoms with van der Waals surface area (Å²) in [5.74, 6) is 2.74. The summed E-state index contributed by atoms with van der Waals surface area (Å²) in [5.41, 5.74) is 1.14. The van der Waals surface area contributed by atoms with E-state index >= 15 is 0 Å². The number of anilines is 1. The first-order chi connectivity index (χ1) is 11.5. The molecular weight excluding hydrogens is 304 g/mol. The fourth-order valence-corrected chi connectivity index (χ4v) is 4.29. The molecule has 1 unspecified atom stereocenters. The predicted octanol–water partition coefficient (Wildman–Crippen LogP) is 3.02. The Hall–Kier alpha value is -2.11. The maximum absolute atomic E-state index is 12.9. The lowest BCUT2D eigenvalue weighted by molar-refractivity contribution is 0.0928. The summed E-state index contributed by atoms with van der Waals surface area (Å²) in [6.45, 7) is 3.99. The van der Waals surface area contributed by atoms with Gasteiger partial charge in [0.05, 0.1) is 10.9 Å². The Morgan fingerprint density at radius 1 is 1.29 bits per heavy atom. The van der Waals surface area contributed by atoms with Crippen LogP contribution in [0.1, 0.15) is 55.1 Å². The highest BCUT2D eigenvalue weighted by Crippen LogP contribution is 2.48. The van der Waals surface area contributed by atoms with Crippen molar-refractivity contribution in [3.05, 3.63) is 17.7 Å². The van der Waals surface area contributed by atoms with Crippen LogP contribution >= 0.6 is 0 Å². The van der Waals surface area contributed by atoms with Gasteiger partial charge in [0.25, 0.3) is 5.91 Å². The van der Waals surface area contributed by atoms with Gasteiger partial charge in [0.1, 0.15) is 17.9 Å². The summed E-state index contributed by atoms with van der Waals surface area (Å²) in [6.07, 6.45) is 7.37. The zero-order chi connectivity index (χ0) is 16.5. The van der Waals surface area contributed by atoms with Gasteiger partial charge < -0.3 is 15.1 Å². The Morgan fingerprint density at radius 2 is 2.08 bits per heavy atom. The number of hydrogen-bond donors (Lipinski definition) is 2. The van der Waals surface area contributed by atoms with Crippen molar-refractivity contribution in [1.29, 1.82) is 0 Å². The van der Waals surface area contributed by atoms with Crippen molar-refractivity contribution in [2.75, 3.05) is 5.32 Å². The highest BCUT2D eigenvalue weighted by molar-refractivity contribution is 6.10. The highest BCUT2D eigenvalue weighted by Gasteiger charge is 2.45. The molecule has 2 N–H and O–H groups in total. The lowest BCUT2D eigenvalue weighted by Crippen LogP contribution is -2.36. The Balaban J connectivity index is 1.51. The lowest BCUT2D eigenvalue weighted by Gasteiger charge is -2.24. The van der Waals surface area contributed by atoms with Crippen LogP contribution < -0.4 is 10.6 Å². The Kier molecular flexibility index (Phi) is 2.80. The molecule has 2 heterocycles. The molecule has 4 saturated carbocycles. The van der Waals surface area contributed by atoms with Gasteiger partial charge in [-0.15, -0.1) is 0 Å². The van der Waals surface area contributed by atoms with Crippen molar-refractivity contribution in [3.63, 3.8) is 0 Å². The van der Waals surface area contributed by atoms with Crippen LogP contribution in [0.3, 0.4) is 0 Å². The summed E-state index contributed by atoms with van der Waals surface area (Å²) >= 11 is 0. The molecule has 4 aliphatic carbocycles. The van der Waals surface area contributed by atoms with Gasteiger partial charge in [0, 0.05) is 11.6 Å². The third-order valence-corrected chi connectivity index (χ3v) is 6.06. The minimum Gasteiger partial charge on any atom is -0.442 e. The summed E-state index contributed by atoms with van der Waals surface area (Å²) < 4.78 is 5.75. The number of nitrogens with one attached hydrogen (secondary N) is 2. The molecule has 1 amide bonds. The minimum atomic E-state index is -0.0531. The SMILES string of the molecule is Cc1oc2ncnc(NC3(C)CC3)c2c1C(=O)NC1CC2CC1C2. The summed E-state index contributed by atoms with van der Waals surface area (Å²) in [6, 6.07) is 0.314. The van der Waals surface area contributed by atoms with Crippen LogP contribution in [-0.2, 0) is 0 Å². The molecule has 4 aliphatic rings. The molecule has 24 heavy (non-hydrogen) atoms. The number of carbonyl (C=O) groups excluding carboxylic acids is 1. The van der Waals surface area contributed by atoms with Gasteiger partial charge in [-0.25, -0.2) is 9.97 Å². The molecule has 126 valence electrons. The second kappa shape index (κ2) is 4.71. The van der Waals surface area contributed by atoms with Crippen molar-refractivity contribution >= 4 is 22.8 Å². The van der Waals surface area contributed by atoms with E-state index < -0.39 is 0 Å². The minimum absolute atomic E-state index is 0.0531. The van der Waals surface area contributed by atoms with Crippen molar-refractivity contribution < 1.29 is 9.21 Å². The summed E-state index contributed by atoms with van der Waals surface area (Å²) in [5, 5.41) is 7.41. The van der Waals surface area contributed by atoms with E-state index in [4.69, 9.17) is 4.42 Å². The van der Waals surface area contributed by atoms with E-state index in [0.29, 0.717) is 40.2 Å². The number of hydrogen-bond acceptors (Lipinski definition) is 5. The zero-order valence-electron chi connectivity index (χ0n) is 14.1. The van der Waals surface area contributed by atoms with Crippen molar-refractivity contribution in [1.82, 2.24) is 15.3 Å². The van der Waals surface area contributed by atoms with Crippen LogP contribution in [0.4, 0.5) is 5.82 Å². The van der Waals surface area contributed by atoms with Gasteiger partial charge in [-0.3, -0.25) is 4.79 Å². The molecule has 6 nitrogen and oxygen atoms in total. The molecule has 0 spiro atoms. The maximum atomic E-state index is 12.9. The molecule has 0 aromatic carbocycles. The largest absolute Gasteiger partial charge is 0.442 e. The summed E-state index contributed by atoms with van der Waals surface area (Å²) in [4.78, 5) is 21.5. The second-order valence-electron chi connectivity index (χ2n) is 8.03. The number of nitrogens with zero attached hydrogens (tertiary/aromatic N) is 2. The average molecular weight is 326 g/mol. The van der Waals surface area contributed by atoms with E-state index in [9.17, 15) is 4.79 Å². The molecule has 2 aromatic rings. The lowest BCUT2D eigenvalue weighted by atomic mass is 9.84. The van der Waals surface area contributed by atoms with Crippen molar-refractivity contribution in [2.45, 2.75) is 57.5 Å². The molecular formula is C18H22N4O2. The van der Waals surface area contributed by atoms with Gasteiger partial charge in [0.15, 0.2) is 0 Å². The molecule has 6 rings (SSSR count). The van der Waals surface area contributed by atoms with E-state index in [1.807, 2.05) is 6.92 Å². The fourth-order valence-electron chi connectivity index (χ4n) is 4.29. The highest BCUT2D eigenvalue weighted by atomic mass is 16.3. The standard InChI is InChI=1S/C18H22N4O2/c1-9-13(16(23)21-12-7-10-5-11(12)6-10)14-15(22-18(2)3-4-18)19-8-20-17(14)24-9/h8,10-12H,3-7H2,1-2H3,(H,21,23)(H,19,20,22). The maximum Gasteiger partial charge on any atom is 0.255 e. The van der Waals surface area contributed by atoms with E-state index in [0.717, 1.165) is 25.2 Å². The van der Waals surface area contributed by atoms with Crippen molar-refractivity contribution in [3.8, 4) is 0 Å². The van der Waals surface area contributed by atoms with Crippen LogP contribution in [0.2, 0.25) is 0 Å². The van der Waals surface area contributed by atoms with E-state index in [2.05, 4.69) is 27.5 Å². The first-order valence-electron chi connectivity index (χ1n) is 8.85. The molecule has 0 saturated heterocycles. The van der Waals surface area contributed by atoms with Crippen LogP contribution in [-0.4, -0.2) is 27.5 Å².